The molecule has 0 radical (unpaired) electrons. The van der Waals surface area contributed by atoms with Crippen LogP contribution < -0.4 is 4.74 Å². The largest absolute Gasteiger partial charge is 0.438 e. The van der Waals surface area contributed by atoms with Crippen molar-refractivity contribution >= 4 is 6.29 Å². The minimum atomic E-state index is 0.450. The zero-order valence-corrected chi connectivity index (χ0v) is 9.24. The topological polar surface area (TPSA) is 52.1 Å². The quantitative estimate of drug-likeness (QED) is 0.737. The third-order valence-corrected chi connectivity index (χ3v) is 2.18. The maximum atomic E-state index is 10.2. The molecule has 0 bridgehead atoms. The molecule has 0 N–H and O–H groups in total. The fourth-order valence-corrected chi connectivity index (χ4v) is 1.35. The second-order valence-corrected chi connectivity index (χ2v) is 3.48. The van der Waals surface area contributed by atoms with Crippen LogP contribution >= 0.6 is 0 Å². The predicted molar refractivity (Wildman–Crippen MR) is 62.9 cm³/mol. The highest BCUT2D eigenvalue weighted by molar-refractivity contribution is 5.49. The van der Waals surface area contributed by atoms with Gasteiger partial charge in [0.15, 0.2) is 0 Å². The third kappa shape index (κ3) is 3.38. The number of hydrogen-bond donors (Lipinski definition) is 0. The molecule has 4 nitrogen and oxygen atoms in total. The van der Waals surface area contributed by atoms with E-state index in [1.807, 2.05) is 36.4 Å². The Kier molecular flexibility index (Phi) is 3.81. The summed E-state index contributed by atoms with van der Waals surface area (Å²) in [6, 6.07) is 13.0. The summed E-state index contributed by atoms with van der Waals surface area (Å²) in [5.41, 5.74) is 0.789. The molecule has 0 aliphatic heterocycles. The number of hydrogen-bond acceptors (Lipinski definition) is 4. The molecule has 2 aromatic rings. The average Bonchev–Trinajstić information content (AvgIpc) is 2.39. The second kappa shape index (κ2) is 5.75. The standard InChI is InChI=1S/C13H12N2O2/c16-10-4-5-11-8-9-13(15-14-11)17-12-6-2-1-3-7-12/h1-3,6-10H,4-5H2. The maximum Gasteiger partial charge on any atom is 0.238 e. The zero-order chi connectivity index (χ0) is 11.9. The van der Waals surface area contributed by atoms with Crippen molar-refractivity contribution in [3.8, 4) is 11.6 Å². The van der Waals surface area contributed by atoms with Crippen LogP contribution in [0.1, 0.15) is 12.1 Å². The summed E-state index contributed by atoms with van der Waals surface area (Å²) in [5, 5.41) is 7.92. The lowest BCUT2D eigenvalue weighted by Gasteiger charge is -2.03. The molecule has 0 atom stereocenters. The molecule has 0 spiro atoms. The number of carbonyl (C=O) groups excluding carboxylic acids is 1. The highest BCUT2D eigenvalue weighted by Gasteiger charge is 2.00. The Balaban J connectivity index is 2.01. The number of nitrogens with zero attached hydrogens (tertiary/aromatic N) is 2. The van der Waals surface area contributed by atoms with E-state index in [9.17, 15) is 4.79 Å². The molecule has 86 valence electrons. The summed E-state index contributed by atoms with van der Waals surface area (Å²) in [6.07, 6.45) is 1.95. The predicted octanol–water partition coefficient (Wildman–Crippen LogP) is 2.40. The van der Waals surface area contributed by atoms with E-state index in [2.05, 4.69) is 10.2 Å². The number of ether oxygens (including phenoxy) is 1. The molecule has 1 heterocycles. The van der Waals surface area contributed by atoms with Gasteiger partial charge in [-0.25, -0.2) is 0 Å². The normalized spacial score (nSPS) is 9.88. The van der Waals surface area contributed by atoms with Crippen molar-refractivity contribution in [2.45, 2.75) is 12.8 Å². The first-order valence-electron chi connectivity index (χ1n) is 5.37. The molecule has 0 saturated carbocycles. The van der Waals surface area contributed by atoms with Crippen molar-refractivity contribution in [1.29, 1.82) is 0 Å². The van der Waals surface area contributed by atoms with Gasteiger partial charge in [0.2, 0.25) is 5.88 Å². The first-order chi connectivity index (χ1) is 8.38. The van der Waals surface area contributed by atoms with Gasteiger partial charge in [-0.15, -0.1) is 5.10 Å². The number of para-hydroxylation sites is 1. The molecule has 4 heteroatoms. The molecular formula is C13H12N2O2. The van der Waals surface area contributed by atoms with Gasteiger partial charge >= 0.3 is 0 Å². The van der Waals surface area contributed by atoms with E-state index in [-0.39, 0.29) is 0 Å². The van der Waals surface area contributed by atoms with Crippen LogP contribution in [0.15, 0.2) is 42.5 Å². The number of rotatable bonds is 5. The summed E-state index contributed by atoms with van der Waals surface area (Å²) < 4.78 is 5.49. The lowest BCUT2D eigenvalue weighted by Crippen LogP contribution is -1.95. The molecule has 2 rings (SSSR count). The first kappa shape index (κ1) is 11.3. The van der Waals surface area contributed by atoms with Gasteiger partial charge in [0.25, 0.3) is 0 Å². The van der Waals surface area contributed by atoms with E-state index in [4.69, 9.17) is 4.74 Å². The SMILES string of the molecule is O=CCCc1ccc(Oc2ccccc2)nn1. The monoisotopic (exact) mass is 228 g/mol. The number of aromatic nitrogens is 2. The van der Waals surface area contributed by atoms with Crippen LogP contribution in [0.2, 0.25) is 0 Å². The van der Waals surface area contributed by atoms with E-state index in [1.165, 1.54) is 0 Å². The molecule has 1 aromatic heterocycles. The molecule has 0 amide bonds. The van der Waals surface area contributed by atoms with Crippen molar-refractivity contribution in [3.05, 3.63) is 48.2 Å². The maximum absolute atomic E-state index is 10.2. The minimum absolute atomic E-state index is 0.450. The van der Waals surface area contributed by atoms with E-state index in [1.54, 1.807) is 6.07 Å². The number of aldehydes is 1. The van der Waals surface area contributed by atoms with Crippen LogP contribution in [0.3, 0.4) is 0 Å². The van der Waals surface area contributed by atoms with Crippen LogP contribution in [0.4, 0.5) is 0 Å². The van der Waals surface area contributed by atoms with Gasteiger partial charge in [0, 0.05) is 12.5 Å². The van der Waals surface area contributed by atoms with E-state index < -0.39 is 0 Å². The first-order valence-corrected chi connectivity index (χ1v) is 5.37. The minimum Gasteiger partial charge on any atom is -0.438 e. The summed E-state index contributed by atoms with van der Waals surface area (Å²) in [7, 11) is 0. The Morgan fingerprint density at radius 2 is 1.88 bits per heavy atom. The Labute approximate surface area is 99.3 Å². The summed E-state index contributed by atoms with van der Waals surface area (Å²) in [5.74, 6) is 1.17. The van der Waals surface area contributed by atoms with Crippen molar-refractivity contribution in [2.75, 3.05) is 0 Å². The van der Waals surface area contributed by atoms with E-state index in [0.29, 0.717) is 18.7 Å². The molecule has 0 saturated heterocycles. The van der Waals surface area contributed by atoms with Crippen molar-refractivity contribution in [2.24, 2.45) is 0 Å². The third-order valence-electron chi connectivity index (χ3n) is 2.18. The Morgan fingerprint density at radius 1 is 1.06 bits per heavy atom. The van der Waals surface area contributed by atoms with Gasteiger partial charge in [-0.2, -0.15) is 5.10 Å². The molecule has 0 fully saturated rings. The molecule has 0 aliphatic carbocycles. The van der Waals surface area contributed by atoms with Crippen LogP contribution in [0.5, 0.6) is 11.6 Å². The van der Waals surface area contributed by atoms with Crippen molar-refractivity contribution < 1.29 is 9.53 Å². The summed E-state index contributed by atoms with van der Waals surface area (Å²) >= 11 is 0. The van der Waals surface area contributed by atoms with Crippen molar-refractivity contribution in [3.63, 3.8) is 0 Å². The number of aryl methyl sites for hydroxylation is 1. The summed E-state index contributed by atoms with van der Waals surface area (Å²) in [4.78, 5) is 10.2. The van der Waals surface area contributed by atoms with E-state index >= 15 is 0 Å². The summed E-state index contributed by atoms with van der Waals surface area (Å²) in [6.45, 7) is 0. The molecule has 0 aliphatic rings. The van der Waals surface area contributed by atoms with Gasteiger partial charge in [-0.05, 0) is 24.6 Å². The van der Waals surface area contributed by atoms with Gasteiger partial charge < -0.3 is 9.53 Å². The Morgan fingerprint density at radius 3 is 2.53 bits per heavy atom. The number of carbonyl (C=O) groups is 1. The molecule has 0 unspecified atom stereocenters. The second-order valence-electron chi connectivity index (χ2n) is 3.48. The van der Waals surface area contributed by atoms with Gasteiger partial charge in [0.05, 0.1) is 5.69 Å². The zero-order valence-electron chi connectivity index (χ0n) is 9.24. The molecular weight excluding hydrogens is 216 g/mol. The Hall–Kier alpha value is -2.23. The average molecular weight is 228 g/mol. The lowest BCUT2D eigenvalue weighted by molar-refractivity contribution is -0.107. The highest BCUT2D eigenvalue weighted by atomic mass is 16.5. The number of benzene rings is 1. The van der Waals surface area contributed by atoms with Crippen LogP contribution in [-0.2, 0) is 11.2 Å². The van der Waals surface area contributed by atoms with Gasteiger partial charge in [0.1, 0.15) is 12.0 Å². The Bertz CT molecular complexity index is 469. The fourth-order valence-electron chi connectivity index (χ4n) is 1.35. The van der Waals surface area contributed by atoms with Crippen LogP contribution in [0, 0.1) is 0 Å². The van der Waals surface area contributed by atoms with Crippen LogP contribution in [0.25, 0.3) is 0 Å². The highest BCUT2D eigenvalue weighted by Crippen LogP contribution is 2.17. The van der Waals surface area contributed by atoms with Gasteiger partial charge in [-0.3, -0.25) is 0 Å². The van der Waals surface area contributed by atoms with Crippen molar-refractivity contribution in [1.82, 2.24) is 10.2 Å². The van der Waals surface area contributed by atoms with Gasteiger partial charge in [-0.1, -0.05) is 18.2 Å². The molecule has 17 heavy (non-hydrogen) atoms. The lowest BCUT2D eigenvalue weighted by atomic mass is 10.2. The smallest absolute Gasteiger partial charge is 0.238 e. The molecule has 1 aromatic carbocycles. The van der Waals surface area contributed by atoms with Crippen LogP contribution in [-0.4, -0.2) is 16.5 Å². The fraction of sp³-hybridized carbons (Fsp3) is 0.154. The van der Waals surface area contributed by atoms with E-state index in [0.717, 1.165) is 17.7 Å².